The Morgan fingerprint density at radius 1 is 0.667 bits per heavy atom. The van der Waals surface area contributed by atoms with Crippen LogP contribution in [0.1, 0.15) is 71.1 Å². The molecule has 4 nitrogen and oxygen atoms in total. The molecule has 0 spiro atoms. The molecule has 4 N–H and O–H groups in total. The number of aliphatic hydroxyl groups is 1. The molecule has 0 unspecified atom stereocenters. The number of rotatable bonds is 10. The molecule has 0 aliphatic heterocycles. The van der Waals surface area contributed by atoms with Gasteiger partial charge in [-0.25, -0.2) is 0 Å². The topological polar surface area (TPSA) is 80.9 Å². The van der Waals surface area contributed by atoms with Gasteiger partial charge in [-0.2, -0.15) is 0 Å². The van der Waals surface area contributed by atoms with E-state index in [2.05, 4.69) is 6.92 Å². The summed E-state index contributed by atoms with van der Waals surface area (Å²) in [6, 6.07) is 0. The molecule has 107 valence electrons. The molecule has 0 aliphatic carbocycles. The Balaban J connectivity index is -0.000000392. The van der Waals surface area contributed by atoms with Crippen LogP contribution in [-0.2, 0) is 0 Å². The van der Waals surface area contributed by atoms with Crippen molar-refractivity contribution in [3.63, 3.8) is 0 Å². The first-order valence-electron chi connectivity index (χ1n) is 6.80. The molecule has 0 saturated heterocycles. The molecule has 0 heterocycles. The van der Waals surface area contributed by atoms with E-state index in [4.69, 9.17) is 20.2 Å². The predicted molar refractivity (Wildman–Crippen MR) is 71.3 cm³/mol. The van der Waals surface area contributed by atoms with Crippen molar-refractivity contribution in [3.05, 3.63) is 0 Å². The van der Waals surface area contributed by atoms with Crippen LogP contribution in [0.5, 0.6) is 0 Å². The van der Waals surface area contributed by atoms with Gasteiger partial charge >= 0.3 is 7.32 Å². The van der Waals surface area contributed by atoms with E-state index in [-0.39, 0.29) is 35.6 Å². The zero-order valence-corrected chi connectivity index (χ0v) is 15.3. The molecule has 6 heteroatoms. The molecule has 0 fully saturated rings. The quantitative estimate of drug-likeness (QED) is 0.341. The summed E-state index contributed by atoms with van der Waals surface area (Å²) in [4.78, 5) is 0. The number of aliphatic hydroxyl groups excluding tert-OH is 1. The van der Waals surface area contributed by atoms with E-state index in [0.29, 0.717) is 6.61 Å². The second-order valence-corrected chi connectivity index (χ2v) is 4.25. The predicted octanol–water partition coefficient (Wildman–Crippen LogP) is 1.85. The summed E-state index contributed by atoms with van der Waals surface area (Å²) in [7, 11) is -2.17. The van der Waals surface area contributed by atoms with Crippen molar-refractivity contribution < 1.29 is 55.8 Å². The Bertz CT molecular complexity index is 116. The van der Waals surface area contributed by atoms with Crippen LogP contribution >= 0.6 is 0 Å². The summed E-state index contributed by atoms with van der Waals surface area (Å²) in [5, 5.41) is 30.1. The largest absolute Gasteiger partial charge is 0.631 e. The first-order chi connectivity index (χ1) is 8.15. The van der Waals surface area contributed by atoms with E-state index in [9.17, 15) is 0 Å². The Labute approximate surface area is 140 Å². The van der Waals surface area contributed by atoms with Crippen LogP contribution in [0.25, 0.3) is 0 Å². The Morgan fingerprint density at radius 2 is 0.944 bits per heavy atom. The Hall–Kier alpha value is 1.10. The molecule has 0 aromatic heterocycles. The van der Waals surface area contributed by atoms with Gasteiger partial charge < -0.3 is 20.2 Å². The average Bonchev–Trinajstić information content (AvgIpc) is 2.26. The first kappa shape index (κ1) is 24.1. The van der Waals surface area contributed by atoms with Crippen LogP contribution in [0, 0.1) is 35.6 Å². The molecule has 1 radical (unpaired) electrons. The number of unbranched alkanes of at least 4 members (excludes halogenated alkanes) is 9. The molecule has 0 aromatic carbocycles. The molecule has 0 rings (SSSR count). The molecule has 0 saturated carbocycles. The van der Waals surface area contributed by atoms with E-state index in [1.807, 2.05) is 0 Å². The standard InChI is InChI=1S/C12H26O.BH3O3.La/c1-2-3-4-5-6-7-8-9-10-11-12-13;2-1(3)4;/h13H,2-12H2,1H3;2-4H;. The fraction of sp³-hybridized carbons (Fsp3) is 1.00. The van der Waals surface area contributed by atoms with Gasteiger partial charge in [0.25, 0.3) is 0 Å². The van der Waals surface area contributed by atoms with Crippen molar-refractivity contribution in [1.82, 2.24) is 0 Å². The SMILES string of the molecule is CCCCCCCCCCCCO.OB(O)O.[La]. The van der Waals surface area contributed by atoms with Gasteiger partial charge in [0.15, 0.2) is 0 Å². The summed E-state index contributed by atoms with van der Waals surface area (Å²) >= 11 is 0. The van der Waals surface area contributed by atoms with Gasteiger partial charge in [-0.3, -0.25) is 0 Å². The van der Waals surface area contributed by atoms with Gasteiger partial charge in [0.2, 0.25) is 0 Å². The fourth-order valence-corrected chi connectivity index (χ4v) is 1.60. The average molecular weight is 387 g/mol. The maximum Gasteiger partial charge on any atom is 0.631 e. The minimum atomic E-state index is -2.17. The summed E-state index contributed by atoms with van der Waals surface area (Å²) < 4.78 is 0. The van der Waals surface area contributed by atoms with E-state index in [0.717, 1.165) is 6.42 Å². The summed E-state index contributed by atoms with van der Waals surface area (Å²) in [6.45, 7) is 2.63. The monoisotopic (exact) mass is 387 g/mol. The van der Waals surface area contributed by atoms with Crippen molar-refractivity contribution in [1.29, 1.82) is 0 Å². The third-order valence-corrected chi connectivity index (χ3v) is 2.51. The van der Waals surface area contributed by atoms with Crippen molar-refractivity contribution in [2.75, 3.05) is 6.61 Å². The third-order valence-electron chi connectivity index (χ3n) is 2.51. The van der Waals surface area contributed by atoms with Crippen LogP contribution in [0.4, 0.5) is 0 Å². The molecule has 0 bridgehead atoms. The van der Waals surface area contributed by atoms with Gasteiger partial charge in [-0.05, 0) is 6.42 Å². The maximum absolute atomic E-state index is 8.57. The number of hydrogen-bond acceptors (Lipinski definition) is 4. The normalized spacial score (nSPS) is 9.17. The minimum Gasteiger partial charge on any atom is -0.402 e. The second-order valence-electron chi connectivity index (χ2n) is 4.25. The van der Waals surface area contributed by atoms with Crippen molar-refractivity contribution in [3.8, 4) is 0 Å². The van der Waals surface area contributed by atoms with Gasteiger partial charge in [-0.1, -0.05) is 64.7 Å². The maximum atomic E-state index is 8.57. The van der Waals surface area contributed by atoms with Crippen LogP contribution in [0.3, 0.4) is 0 Å². The van der Waals surface area contributed by atoms with E-state index in [1.54, 1.807) is 0 Å². The zero-order valence-electron chi connectivity index (χ0n) is 11.7. The zero-order chi connectivity index (χ0) is 13.4. The fourth-order valence-electron chi connectivity index (χ4n) is 1.60. The number of hydrogen-bond donors (Lipinski definition) is 4. The van der Waals surface area contributed by atoms with Gasteiger partial charge in [-0.15, -0.1) is 0 Å². The smallest absolute Gasteiger partial charge is 0.402 e. The Morgan fingerprint density at radius 3 is 1.22 bits per heavy atom. The summed E-state index contributed by atoms with van der Waals surface area (Å²) in [5.41, 5.74) is 0. The molecule has 18 heavy (non-hydrogen) atoms. The molecule has 0 aromatic rings. The minimum absolute atomic E-state index is 0. The van der Waals surface area contributed by atoms with Gasteiger partial charge in [0.05, 0.1) is 0 Å². The molecular formula is C12H29BLaO4. The Kier molecular flexibility index (Phi) is 31.1. The molecular weight excluding hydrogens is 358 g/mol. The van der Waals surface area contributed by atoms with Crippen LogP contribution in [0.2, 0.25) is 0 Å². The van der Waals surface area contributed by atoms with Crippen LogP contribution in [0.15, 0.2) is 0 Å². The molecule has 0 atom stereocenters. The van der Waals surface area contributed by atoms with Crippen molar-refractivity contribution in [2.45, 2.75) is 71.1 Å². The van der Waals surface area contributed by atoms with Crippen molar-refractivity contribution in [2.24, 2.45) is 0 Å². The summed E-state index contributed by atoms with van der Waals surface area (Å²) in [5.74, 6) is 0. The first-order valence-corrected chi connectivity index (χ1v) is 6.80. The third kappa shape index (κ3) is 36.0. The van der Waals surface area contributed by atoms with E-state index >= 15 is 0 Å². The van der Waals surface area contributed by atoms with Crippen LogP contribution in [-0.4, -0.2) is 34.1 Å². The van der Waals surface area contributed by atoms with Gasteiger partial charge in [0, 0.05) is 42.2 Å². The van der Waals surface area contributed by atoms with Crippen LogP contribution < -0.4 is 0 Å². The van der Waals surface area contributed by atoms with Gasteiger partial charge in [0.1, 0.15) is 0 Å². The summed E-state index contributed by atoms with van der Waals surface area (Å²) in [6.07, 6.45) is 13.3. The molecule has 0 aliphatic rings. The molecule has 0 amide bonds. The second kappa shape index (κ2) is 23.2. The van der Waals surface area contributed by atoms with E-state index < -0.39 is 7.32 Å². The van der Waals surface area contributed by atoms with Crippen molar-refractivity contribution >= 4 is 7.32 Å². The van der Waals surface area contributed by atoms with E-state index in [1.165, 1.54) is 57.8 Å².